The predicted molar refractivity (Wildman–Crippen MR) is 32.5 cm³/mol. The molecule has 1 heterocycles. The quantitative estimate of drug-likeness (QED) is 0.506. The Balaban J connectivity index is 2.33. The third-order valence-electron chi connectivity index (χ3n) is 1.33. The van der Waals surface area contributed by atoms with Gasteiger partial charge >= 0.3 is 0 Å². The van der Waals surface area contributed by atoms with E-state index in [1.807, 2.05) is 11.8 Å². The molecule has 0 aromatic rings. The first-order valence-corrected chi connectivity index (χ1v) is 3.72. The molecular weight excluding hydrogens is 108 g/mol. The number of thioether (sulfide) groups is 1. The lowest BCUT2D eigenvalue weighted by Gasteiger charge is -2.02. The standard InChI is InChI=1S/C5H10OS/c1-4-2-7-3-5(4)6/h4-6H,2-3H2,1H3/t4-,5+/m0/s1. The fourth-order valence-electron chi connectivity index (χ4n) is 0.650. The van der Waals surface area contributed by atoms with Crippen LogP contribution >= 0.6 is 11.8 Å². The zero-order chi connectivity index (χ0) is 5.28. The molecule has 0 amide bonds. The van der Waals surface area contributed by atoms with Gasteiger partial charge in [-0.1, -0.05) is 6.92 Å². The van der Waals surface area contributed by atoms with Gasteiger partial charge in [0, 0.05) is 5.75 Å². The summed E-state index contributed by atoms with van der Waals surface area (Å²) >= 11 is 1.84. The molecule has 0 aliphatic carbocycles. The number of hydrogen-bond donors (Lipinski definition) is 1. The van der Waals surface area contributed by atoms with E-state index in [0.717, 1.165) is 11.5 Å². The summed E-state index contributed by atoms with van der Waals surface area (Å²) in [6, 6.07) is 0. The van der Waals surface area contributed by atoms with Gasteiger partial charge in [-0.25, -0.2) is 0 Å². The molecule has 2 heteroatoms. The minimum atomic E-state index is -0.0231. The zero-order valence-corrected chi connectivity index (χ0v) is 5.24. The summed E-state index contributed by atoms with van der Waals surface area (Å²) in [7, 11) is 0. The minimum Gasteiger partial charge on any atom is -0.392 e. The van der Waals surface area contributed by atoms with E-state index in [0.29, 0.717) is 5.92 Å². The molecule has 0 aromatic carbocycles. The number of rotatable bonds is 0. The van der Waals surface area contributed by atoms with Crippen LogP contribution in [0.15, 0.2) is 0 Å². The van der Waals surface area contributed by atoms with Gasteiger partial charge in [-0.2, -0.15) is 11.8 Å². The Morgan fingerprint density at radius 3 is 2.43 bits per heavy atom. The van der Waals surface area contributed by atoms with Crippen LogP contribution in [0.5, 0.6) is 0 Å². The molecule has 0 aromatic heterocycles. The van der Waals surface area contributed by atoms with Crippen LogP contribution < -0.4 is 0 Å². The smallest absolute Gasteiger partial charge is 0.0663 e. The highest BCUT2D eigenvalue weighted by atomic mass is 32.2. The fourth-order valence-corrected chi connectivity index (χ4v) is 1.95. The van der Waals surface area contributed by atoms with E-state index < -0.39 is 0 Å². The fraction of sp³-hybridized carbons (Fsp3) is 1.00. The Morgan fingerprint density at radius 1 is 1.57 bits per heavy atom. The summed E-state index contributed by atoms with van der Waals surface area (Å²) in [5.74, 6) is 2.62. The minimum absolute atomic E-state index is 0.0231. The maximum absolute atomic E-state index is 8.98. The van der Waals surface area contributed by atoms with Gasteiger partial charge in [-0.15, -0.1) is 0 Å². The molecular formula is C5H10OS. The van der Waals surface area contributed by atoms with Crippen molar-refractivity contribution < 1.29 is 5.11 Å². The first-order chi connectivity index (χ1) is 3.30. The average Bonchev–Trinajstić information content (AvgIpc) is 1.91. The first kappa shape index (κ1) is 5.45. The predicted octanol–water partition coefficient (Wildman–Crippen LogP) is 0.730. The molecule has 1 aliphatic heterocycles. The van der Waals surface area contributed by atoms with E-state index in [-0.39, 0.29) is 6.10 Å². The van der Waals surface area contributed by atoms with Gasteiger partial charge in [-0.05, 0) is 11.7 Å². The molecule has 1 fully saturated rings. The molecule has 1 saturated heterocycles. The Labute approximate surface area is 48.1 Å². The molecule has 7 heavy (non-hydrogen) atoms. The second kappa shape index (κ2) is 2.05. The van der Waals surface area contributed by atoms with Crippen LogP contribution in [0.1, 0.15) is 6.92 Å². The van der Waals surface area contributed by atoms with Crippen molar-refractivity contribution in [2.45, 2.75) is 13.0 Å². The second-order valence-electron chi connectivity index (χ2n) is 2.08. The maximum Gasteiger partial charge on any atom is 0.0663 e. The summed E-state index contributed by atoms with van der Waals surface area (Å²) in [5, 5.41) is 8.98. The topological polar surface area (TPSA) is 20.2 Å². The first-order valence-electron chi connectivity index (χ1n) is 2.56. The Hall–Kier alpha value is 0.310. The number of aliphatic hydroxyl groups is 1. The third kappa shape index (κ3) is 1.10. The third-order valence-corrected chi connectivity index (χ3v) is 2.66. The Bertz CT molecular complexity index is 57.1. The second-order valence-corrected chi connectivity index (χ2v) is 3.16. The summed E-state index contributed by atoms with van der Waals surface area (Å²) < 4.78 is 0. The van der Waals surface area contributed by atoms with Crippen LogP contribution in [0, 0.1) is 5.92 Å². The van der Waals surface area contributed by atoms with Crippen molar-refractivity contribution in [2.24, 2.45) is 5.92 Å². The molecule has 42 valence electrons. The van der Waals surface area contributed by atoms with E-state index in [9.17, 15) is 0 Å². The summed E-state index contributed by atoms with van der Waals surface area (Å²) in [5.41, 5.74) is 0. The van der Waals surface area contributed by atoms with Crippen molar-refractivity contribution in [3.8, 4) is 0 Å². The normalized spacial score (nSPS) is 42.0. The number of aliphatic hydroxyl groups excluding tert-OH is 1. The van der Waals surface area contributed by atoms with Crippen molar-refractivity contribution in [3.63, 3.8) is 0 Å². The van der Waals surface area contributed by atoms with Crippen LogP contribution in [0.3, 0.4) is 0 Å². The monoisotopic (exact) mass is 118 g/mol. The number of hydrogen-bond acceptors (Lipinski definition) is 2. The maximum atomic E-state index is 8.98. The zero-order valence-electron chi connectivity index (χ0n) is 4.42. The van der Waals surface area contributed by atoms with Crippen molar-refractivity contribution in [2.75, 3.05) is 11.5 Å². The molecule has 0 spiro atoms. The lowest BCUT2D eigenvalue weighted by atomic mass is 10.1. The van der Waals surface area contributed by atoms with Crippen LogP contribution in [-0.4, -0.2) is 22.7 Å². The molecule has 2 atom stereocenters. The molecule has 0 radical (unpaired) electrons. The molecule has 1 nitrogen and oxygen atoms in total. The highest BCUT2D eigenvalue weighted by Gasteiger charge is 2.20. The van der Waals surface area contributed by atoms with Gasteiger partial charge in [0.2, 0.25) is 0 Å². The SMILES string of the molecule is C[C@H]1CSC[C@H]1O. The van der Waals surface area contributed by atoms with Gasteiger partial charge in [0.15, 0.2) is 0 Å². The van der Waals surface area contributed by atoms with Crippen LogP contribution in [0.2, 0.25) is 0 Å². The van der Waals surface area contributed by atoms with Crippen molar-refractivity contribution >= 4 is 11.8 Å². The largest absolute Gasteiger partial charge is 0.392 e. The van der Waals surface area contributed by atoms with Gasteiger partial charge in [0.25, 0.3) is 0 Å². The van der Waals surface area contributed by atoms with Crippen LogP contribution in [0.25, 0.3) is 0 Å². The van der Waals surface area contributed by atoms with Gasteiger partial charge in [-0.3, -0.25) is 0 Å². The summed E-state index contributed by atoms with van der Waals surface area (Å²) in [4.78, 5) is 0. The van der Waals surface area contributed by atoms with E-state index >= 15 is 0 Å². The average molecular weight is 118 g/mol. The molecule has 1 N–H and O–H groups in total. The van der Waals surface area contributed by atoms with Crippen molar-refractivity contribution in [1.82, 2.24) is 0 Å². The lowest BCUT2D eigenvalue weighted by Crippen LogP contribution is -2.13. The Kier molecular flexibility index (Phi) is 1.60. The molecule has 1 aliphatic rings. The van der Waals surface area contributed by atoms with Gasteiger partial charge in [0.05, 0.1) is 6.10 Å². The van der Waals surface area contributed by atoms with E-state index in [1.54, 1.807) is 0 Å². The molecule has 1 rings (SSSR count). The highest BCUT2D eigenvalue weighted by Crippen LogP contribution is 2.22. The summed E-state index contributed by atoms with van der Waals surface area (Å²) in [6.07, 6.45) is -0.0231. The van der Waals surface area contributed by atoms with Crippen LogP contribution in [-0.2, 0) is 0 Å². The summed E-state index contributed by atoms with van der Waals surface area (Å²) in [6.45, 7) is 2.09. The highest BCUT2D eigenvalue weighted by molar-refractivity contribution is 7.99. The van der Waals surface area contributed by atoms with Crippen molar-refractivity contribution in [3.05, 3.63) is 0 Å². The molecule has 0 saturated carbocycles. The van der Waals surface area contributed by atoms with Gasteiger partial charge < -0.3 is 5.11 Å². The lowest BCUT2D eigenvalue weighted by molar-refractivity contribution is 0.159. The van der Waals surface area contributed by atoms with E-state index in [1.165, 1.54) is 0 Å². The van der Waals surface area contributed by atoms with E-state index in [4.69, 9.17) is 5.11 Å². The van der Waals surface area contributed by atoms with Crippen LogP contribution in [0.4, 0.5) is 0 Å². The Morgan fingerprint density at radius 2 is 2.29 bits per heavy atom. The van der Waals surface area contributed by atoms with E-state index in [2.05, 4.69) is 6.92 Å². The van der Waals surface area contributed by atoms with Gasteiger partial charge in [0.1, 0.15) is 0 Å². The van der Waals surface area contributed by atoms with Crippen molar-refractivity contribution in [1.29, 1.82) is 0 Å². The molecule has 0 unspecified atom stereocenters. The molecule has 0 bridgehead atoms.